The van der Waals surface area contributed by atoms with Gasteiger partial charge in [-0.05, 0) is 45.6 Å². The van der Waals surface area contributed by atoms with Crippen molar-refractivity contribution in [3.63, 3.8) is 0 Å². The van der Waals surface area contributed by atoms with Gasteiger partial charge in [0.05, 0.1) is 12.1 Å². The number of carbonyl (C=O) groups is 1. The molecule has 24 heavy (non-hydrogen) atoms. The lowest BCUT2D eigenvalue weighted by molar-refractivity contribution is -0.136. The molecule has 8 nitrogen and oxygen atoms in total. The molecule has 5 N–H and O–H groups in total. The number of nitrogens with two attached hydrogens (primary N) is 1. The van der Waals surface area contributed by atoms with Gasteiger partial charge in [-0.2, -0.15) is 0 Å². The molecule has 0 radical (unpaired) electrons. The summed E-state index contributed by atoms with van der Waals surface area (Å²) in [4.78, 5) is 12.6. The van der Waals surface area contributed by atoms with E-state index in [0.29, 0.717) is 24.3 Å². The van der Waals surface area contributed by atoms with E-state index in [1.807, 2.05) is 25.9 Å². The highest BCUT2D eigenvalue weighted by atomic mass is 32.2. The van der Waals surface area contributed by atoms with Gasteiger partial charge in [0.1, 0.15) is 4.90 Å². The number of nitrogen functional groups attached to an aromatic ring is 1. The number of nitrogens with zero attached hydrogens (tertiary/aromatic N) is 1. The molecule has 1 unspecified atom stereocenters. The smallest absolute Gasteiger partial charge is 0.305 e. The van der Waals surface area contributed by atoms with Gasteiger partial charge in [-0.15, -0.1) is 0 Å². The summed E-state index contributed by atoms with van der Waals surface area (Å²) in [5.41, 5.74) is 6.35. The van der Waals surface area contributed by atoms with Crippen LogP contribution in [0.3, 0.4) is 0 Å². The van der Waals surface area contributed by atoms with Crippen molar-refractivity contribution in [3.8, 4) is 0 Å². The highest BCUT2D eigenvalue weighted by molar-refractivity contribution is 7.89. The molecular weight excluding hydrogens is 332 g/mol. The molecular formula is C15H26N4O4S. The molecule has 1 aromatic carbocycles. The summed E-state index contributed by atoms with van der Waals surface area (Å²) >= 11 is 0. The zero-order valence-electron chi connectivity index (χ0n) is 14.2. The van der Waals surface area contributed by atoms with Gasteiger partial charge < -0.3 is 21.1 Å². The molecule has 0 aliphatic rings. The maximum atomic E-state index is 12.5. The number of carboxylic acid groups (broad SMARTS) is 1. The number of nitrogens with one attached hydrogen (secondary N) is 2. The Morgan fingerprint density at radius 2 is 2.00 bits per heavy atom. The van der Waals surface area contributed by atoms with Crippen LogP contribution in [0.25, 0.3) is 0 Å². The van der Waals surface area contributed by atoms with E-state index in [1.165, 1.54) is 12.1 Å². The molecule has 0 amide bonds. The molecule has 0 saturated carbocycles. The normalized spacial score (nSPS) is 13.0. The average molecular weight is 358 g/mol. The van der Waals surface area contributed by atoms with Crippen LogP contribution in [0.1, 0.15) is 19.8 Å². The Kier molecular flexibility index (Phi) is 7.46. The Morgan fingerprint density at radius 1 is 1.33 bits per heavy atom. The van der Waals surface area contributed by atoms with Gasteiger partial charge in [0.2, 0.25) is 10.0 Å². The van der Waals surface area contributed by atoms with Crippen molar-refractivity contribution in [3.05, 3.63) is 18.2 Å². The fourth-order valence-corrected chi connectivity index (χ4v) is 3.21. The largest absolute Gasteiger partial charge is 0.481 e. The van der Waals surface area contributed by atoms with Crippen LogP contribution in [-0.4, -0.2) is 57.6 Å². The van der Waals surface area contributed by atoms with Crippen LogP contribution in [-0.2, 0) is 14.8 Å². The minimum atomic E-state index is -3.74. The van der Waals surface area contributed by atoms with E-state index in [2.05, 4.69) is 10.0 Å². The number of rotatable bonds is 10. The van der Waals surface area contributed by atoms with Crippen molar-refractivity contribution in [2.24, 2.45) is 0 Å². The van der Waals surface area contributed by atoms with E-state index in [-0.39, 0.29) is 23.9 Å². The summed E-state index contributed by atoms with van der Waals surface area (Å²) in [6, 6.07) is 4.70. The molecule has 0 fully saturated rings. The van der Waals surface area contributed by atoms with E-state index < -0.39 is 16.0 Å². The van der Waals surface area contributed by atoms with E-state index in [0.717, 1.165) is 0 Å². The number of carboxylic acids is 1. The summed E-state index contributed by atoms with van der Waals surface area (Å²) in [7, 11) is 0.120. The Labute approximate surface area is 143 Å². The summed E-state index contributed by atoms with van der Waals surface area (Å²) in [6.45, 7) is 2.43. The standard InChI is InChI=1S/C15H26N4O4S/c1-11(19(2)3)6-9-18-24(22,23)14-10-12(16)4-5-13(14)17-8-7-15(20)21/h4-5,10-11,17-18H,6-9,16H2,1-3H3,(H,20,21). The van der Waals surface area contributed by atoms with Gasteiger partial charge in [-0.1, -0.05) is 0 Å². The second-order valence-corrected chi connectivity index (χ2v) is 7.56. The van der Waals surface area contributed by atoms with E-state index >= 15 is 0 Å². The molecule has 0 spiro atoms. The van der Waals surface area contributed by atoms with E-state index in [9.17, 15) is 13.2 Å². The van der Waals surface area contributed by atoms with Crippen LogP contribution in [0.4, 0.5) is 11.4 Å². The fourth-order valence-electron chi connectivity index (χ4n) is 1.95. The molecule has 0 aliphatic heterocycles. The lowest BCUT2D eigenvalue weighted by Crippen LogP contribution is -2.32. The zero-order valence-corrected chi connectivity index (χ0v) is 15.1. The molecule has 0 bridgehead atoms. The van der Waals surface area contributed by atoms with Gasteiger partial charge >= 0.3 is 5.97 Å². The monoisotopic (exact) mass is 358 g/mol. The zero-order chi connectivity index (χ0) is 18.3. The van der Waals surface area contributed by atoms with Crippen LogP contribution in [0, 0.1) is 0 Å². The second-order valence-electron chi connectivity index (χ2n) is 5.83. The van der Waals surface area contributed by atoms with Crippen LogP contribution in [0.15, 0.2) is 23.1 Å². The molecule has 0 aliphatic carbocycles. The van der Waals surface area contributed by atoms with Crippen LogP contribution in [0.5, 0.6) is 0 Å². The van der Waals surface area contributed by atoms with Crippen molar-refractivity contribution < 1.29 is 18.3 Å². The fraction of sp³-hybridized carbons (Fsp3) is 0.533. The topological polar surface area (TPSA) is 125 Å². The van der Waals surface area contributed by atoms with Crippen molar-refractivity contribution in [2.75, 3.05) is 38.2 Å². The Bertz CT molecular complexity index is 661. The van der Waals surface area contributed by atoms with Crippen molar-refractivity contribution >= 4 is 27.4 Å². The van der Waals surface area contributed by atoms with Crippen LogP contribution in [0.2, 0.25) is 0 Å². The van der Waals surface area contributed by atoms with Crippen molar-refractivity contribution in [2.45, 2.75) is 30.7 Å². The number of sulfonamides is 1. The molecule has 0 aromatic heterocycles. The van der Waals surface area contributed by atoms with Crippen LogP contribution >= 0.6 is 0 Å². The first-order valence-corrected chi connectivity index (χ1v) is 9.13. The molecule has 0 saturated heterocycles. The third-order valence-corrected chi connectivity index (χ3v) is 5.19. The van der Waals surface area contributed by atoms with Crippen molar-refractivity contribution in [1.82, 2.24) is 9.62 Å². The van der Waals surface area contributed by atoms with Gasteiger partial charge in [-0.3, -0.25) is 4.79 Å². The van der Waals surface area contributed by atoms with Gasteiger partial charge in [0.15, 0.2) is 0 Å². The lowest BCUT2D eigenvalue weighted by atomic mass is 10.2. The predicted octanol–water partition coefficient (Wildman–Crippen LogP) is 0.774. The van der Waals surface area contributed by atoms with Gasteiger partial charge in [-0.25, -0.2) is 13.1 Å². The minimum Gasteiger partial charge on any atom is -0.481 e. The summed E-state index contributed by atoms with van der Waals surface area (Å²) in [5, 5.41) is 11.5. The highest BCUT2D eigenvalue weighted by Gasteiger charge is 2.19. The first-order chi connectivity index (χ1) is 11.1. The Hall–Kier alpha value is -1.84. The molecule has 136 valence electrons. The number of aliphatic carboxylic acids is 1. The number of benzene rings is 1. The second kappa shape index (κ2) is 8.86. The number of anilines is 2. The quantitative estimate of drug-likeness (QED) is 0.455. The molecule has 1 aromatic rings. The Balaban J connectivity index is 2.84. The number of hydrogen-bond donors (Lipinski definition) is 4. The number of hydrogen-bond acceptors (Lipinski definition) is 6. The predicted molar refractivity (Wildman–Crippen MR) is 94.6 cm³/mol. The summed E-state index contributed by atoms with van der Waals surface area (Å²) in [6.07, 6.45) is 0.550. The summed E-state index contributed by atoms with van der Waals surface area (Å²) in [5.74, 6) is -0.960. The highest BCUT2D eigenvalue weighted by Crippen LogP contribution is 2.24. The average Bonchev–Trinajstić information content (AvgIpc) is 2.47. The maximum absolute atomic E-state index is 12.5. The Morgan fingerprint density at radius 3 is 2.58 bits per heavy atom. The van der Waals surface area contributed by atoms with Crippen LogP contribution < -0.4 is 15.8 Å². The molecule has 9 heteroatoms. The molecule has 0 heterocycles. The van der Waals surface area contributed by atoms with Crippen molar-refractivity contribution in [1.29, 1.82) is 0 Å². The molecule has 1 rings (SSSR count). The first-order valence-electron chi connectivity index (χ1n) is 7.64. The SMILES string of the molecule is CC(CCNS(=O)(=O)c1cc(N)ccc1NCCC(=O)O)N(C)C. The summed E-state index contributed by atoms with van der Waals surface area (Å²) < 4.78 is 27.6. The molecule has 1 atom stereocenters. The van der Waals surface area contributed by atoms with E-state index in [4.69, 9.17) is 10.8 Å². The maximum Gasteiger partial charge on any atom is 0.305 e. The van der Waals surface area contributed by atoms with E-state index in [1.54, 1.807) is 6.07 Å². The minimum absolute atomic E-state index is 0.0189. The third-order valence-electron chi connectivity index (χ3n) is 3.69. The lowest BCUT2D eigenvalue weighted by Gasteiger charge is -2.20. The van der Waals surface area contributed by atoms with Gasteiger partial charge in [0.25, 0.3) is 0 Å². The van der Waals surface area contributed by atoms with Gasteiger partial charge in [0, 0.05) is 24.8 Å². The third kappa shape index (κ3) is 6.34. The first kappa shape index (κ1) is 20.2.